The number of rotatable bonds is 3. The lowest BCUT2D eigenvalue weighted by Crippen LogP contribution is -2.43. The van der Waals surface area contributed by atoms with Crippen molar-refractivity contribution in [2.45, 2.75) is 0 Å². The fraction of sp³-hybridized carbons (Fsp3) is 0.500. The van der Waals surface area contributed by atoms with E-state index in [0.29, 0.717) is 0 Å². The number of hydrogen-bond acceptors (Lipinski definition) is 6. The zero-order valence-electron chi connectivity index (χ0n) is 7.53. The number of methoxy groups -OCH3 is 3. The van der Waals surface area contributed by atoms with Crippen LogP contribution >= 0.6 is 0 Å². The second kappa shape index (κ2) is 5.18. The molecule has 0 aromatic rings. The first-order chi connectivity index (χ1) is 6.08. The van der Waals surface area contributed by atoms with Crippen molar-refractivity contribution in [2.24, 2.45) is 0 Å². The molecular formula is C6H9BO6-. The van der Waals surface area contributed by atoms with Gasteiger partial charge < -0.3 is 28.6 Å². The average molecular weight is 188 g/mol. The van der Waals surface area contributed by atoms with Gasteiger partial charge in [-0.1, -0.05) is 0 Å². The van der Waals surface area contributed by atoms with Gasteiger partial charge in [0.25, 0.3) is 6.71 Å². The molecule has 0 aromatic carbocycles. The molecule has 0 rings (SSSR count). The Morgan fingerprint density at radius 2 is 1.00 bits per heavy atom. The molecule has 0 bridgehead atoms. The second-order valence-corrected chi connectivity index (χ2v) is 2.00. The van der Waals surface area contributed by atoms with E-state index in [0.717, 1.165) is 21.3 Å². The third-order valence-corrected chi connectivity index (χ3v) is 1.31. The molecule has 0 aliphatic rings. The molecule has 0 amide bonds. The Bertz CT molecular complexity index is 187. The molecule has 7 heteroatoms. The summed E-state index contributed by atoms with van der Waals surface area (Å²) in [4.78, 5) is 32.7. The van der Waals surface area contributed by atoms with Crippen LogP contribution < -0.4 is 0 Å². The van der Waals surface area contributed by atoms with Crippen LogP contribution in [0, 0.1) is 0 Å². The molecule has 0 fully saturated rings. The van der Waals surface area contributed by atoms with E-state index in [4.69, 9.17) is 0 Å². The third kappa shape index (κ3) is 2.77. The average Bonchev–Trinajstić information content (AvgIpc) is 2.16. The predicted molar refractivity (Wildman–Crippen MR) is 43.0 cm³/mol. The molecule has 13 heavy (non-hydrogen) atoms. The highest BCUT2D eigenvalue weighted by Crippen LogP contribution is 1.98. The Kier molecular flexibility index (Phi) is 4.57. The maximum Gasteiger partial charge on any atom is 0.253 e. The van der Waals surface area contributed by atoms with Crippen molar-refractivity contribution in [3.63, 3.8) is 0 Å². The summed E-state index contributed by atoms with van der Waals surface area (Å²) in [6.45, 7) is -1.65. The minimum Gasteiger partial charge on any atom is -0.505 e. The van der Waals surface area contributed by atoms with E-state index >= 15 is 0 Å². The molecule has 0 atom stereocenters. The highest BCUT2D eigenvalue weighted by Gasteiger charge is 2.26. The maximum absolute atomic E-state index is 10.9. The van der Waals surface area contributed by atoms with Gasteiger partial charge in [-0.2, -0.15) is 0 Å². The van der Waals surface area contributed by atoms with Crippen LogP contribution in [0.1, 0.15) is 0 Å². The van der Waals surface area contributed by atoms with Crippen LogP contribution in [0.25, 0.3) is 0 Å². The summed E-state index contributed by atoms with van der Waals surface area (Å²) in [5.41, 5.74) is 0. The third-order valence-electron chi connectivity index (χ3n) is 1.31. The standard InChI is InChI=1S/C6H9BO6/c1-11-4(8)7(5(9)12-2)6(10)13-3/h1-3H3/q-1. The van der Waals surface area contributed by atoms with E-state index in [1.165, 1.54) is 0 Å². The van der Waals surface area contributed by atoms with Crippen LogP contribution in [0.5, 0.6) is 0 Å². The summed E-state index contributed by atoms with van der Waals surface area (Å²) < 4.78 is 12.7. The molecule has 0 heterocycles. The van der Waals surface area contributed by atoms with Gasteiger partial charge in [0.15, 0.2) is 0 Å². The minimum atomic E-state index is -1.65. The van der Waals surface area contributed by atoms with Gasteiger partial charge in [0.05, 0.1) is 21.3 Å². The van der Waals surface area contributed by atoms with Gasteiger partial charge in [-0.25, -0.2) is 0 Å². The second-order valence-electron chi connectivity index (χ2n) is 2.00. The molecule has 0 aromatic heterocycles. The van der Waals surface area contributed by atoms with E-state index in [9.17, 15) is 14.4 Å². The van der Waals surface area contributed by atoms with Crippen LogP contribution in [0.3, 0.4) is 0 Å². The predicted octanol–water partition coefficient (Wildman–Crippen LogP) is 0.526. The van der Waals surface area contributed by atoms with Crippen molar-refractivity contribution in [1.29, 1.82) is 0 Å². The van der Waals surface area contributed by atoms with Crippen molar-refractivity contribution >= 4 is 24.3 Å². The summed E-state index contributed by atoms with van der Waals surface area (Å²) in [5, 5.41) is 0. The Morgan fingerprint density at radius 3 is 1.15 bits per heavy atom. The number of hydrogen-bond donors (Lipinski definition) is 0. The molecular weight excluding hydrogens is 179 g/mol. The van der Waals surface area contributed by atoms with Crippen molar-refractivity contribution < 1.29 is 28.6 Å². The molecule has 0 aliphatic carbocycles. The summed E-state index contributed by atoms with van der Waals surface area (Å²) in [6.07, 6.45) is 0. The molecule has 1 radical (unpaired) electrons. The van der Waals surface area contributed by atoms with Crippen LogP contribution in [0.4, 0.5) is 14.4 Å². The topological polar surface area (TPSA) is 78.9 Å². The van der Waals surface area contributed by atoms with Crippen molar-refractivity contribution in [1.82, 2.24) is 0 Å². The molecule has 0 saturated carbocycles. The van der Waals surface area contributed by atoms with E-state index in [2.05, 4.69) is 14.2 Å². The highest BCUT2D eigenvalue weighted by atomic mass is 16.6. The maximum atomic E-state index is 10.9. The minimum absolute atomic E-state index is 1.00. The molecule has 0 aliphatic heterocycles. The van der Waals surface area contributed by atoms with Crippen molar-refractivity contribution in [3.05, 3.63) is 0 Å². The first-order valence-corrected chi connectivity index (χ1v) is 3.32. The Morgan fingerprint density at radius 1 is 0.769 bits per heavy atom. The SMILES string of the molecule is COC(=O)[B-](C(=O)OC)C(=O)OC. The van der Waals surface area contributed by atoms with Gasteiger partial charge in [-0.3, -0.25) is 0 Å². The molecule has 0 spiro atoms. The zero-order valence-corrected chi connectivity index (χ0v) is 7.53. The van der Waals surface area contributed by atoms with E-state index in [1.807, 2.05) is 0 Å². The normalized spacial score (nSPS) is 9.23. The van der Waals surface area contributed by atoms with E-state index in [1.54, 1.807) is 0 Å². The lowest BCUT2D eigenvalue weighted by Gasteiger charge is -2.18. The first-order valence-electron chi connectivity index (χ1n) is 3.32. The first kappa shape index (κ1) is 11.5. The van der Waals surface area contributed by atoms with E-state index < -0.39 is 24.3 Å². The molecule has 0 saturated heterocycles. The van der Waals surface area contributed by atoms with Gasteiger partial charge in [-0.15, -0.1) is 0 Å². The van der Waals surface area contributed by atoms with Gasteiger partial charge in [0.1, 0.15) is 17.6 Å². The van der Waals surface area contributed by atoms with Crippen LogP contribution in [-0.2, 0) is 14.2 Å². The van der Waals surface area contributed by atoms with Crippen molar-refractivity contribution in [3.8, 4) is 0 Å². The number of carbonyl (C=O) groups is 3. The van der Waals surface area contributed by atoms with Crippen LogP contribution in [0.15, 0.2) is 0 Å². The molecule has 6 nitrogen and oxygen atoms in total. The Hall–Kier alpha value is -1.53. The zero-order chi connectivity index (χ0) is 10.4. The van der Waals surface area contributed by atoms with Gasteiger partial charge >= 0.3 is 0 Å². The fourth-order valence-electron chi connectivity index (χ4n) is 0.642. The largest absolute Gasteiger partial charge is 0.505 e. The monoisotopic (exact) mass is 188 g/mol. The lowest BCUT2D eigenvalue weighted by molar-refractivity contribution is 0.180. The van der Waals surface area contributed by atoms with Gasteiger partial charge in [0.2, 0.25) is 0 Å². The van der Waals surface area contributed by atoms with Crippen LogP contribution in [0.2, 0.25) is 0 Å². The quantitative estimate of drug-likeness (QED) is 0.474. The van der Waals surface area contributed by atoms with Crippen LogP contribution in [-0.4, -0.2) is 45.6 Å². The van der Waals surface area contributed by atoms with Gasteiger partial charge in [-0.05, 0) is 0 Å². The summed E-state index contributed by atoms with van der Waals surface area (Å²) in [6, 6.07) is 0. The summed E-state index contributed by atoms with van der Waals surface area (Å²) in [7, 11) is 3.17. The lowest BCUT2D eigenvalue weighted by atomic mass is 9.49. The Labute approximate surface area is 75.2 Å². The van der Waals surface area contributed by atoms with E-state index in [-0.39, 0.29) is 0 Å². The number of carbonyl (C=O) groups excluding carboxylic acids is 3. The summed E-state index contributed by atoms with van der Waals surface area (Å²) >= 11 is 0. The molecule has 73 valence electrons. The van der Waals surface area contributed by atoms with Crippen molar-refractivity contribution in [2.75, 3.05) is 21.3 Å². The smallest absolute Gasteiger partial charge is 0.253 e. The summed E-state index contributed by atoms with van der Waals surface area (Å²) in [5.74, 6) is -3.00. The number of ether oxygens (including phenoxy) is 3. The fourth-order valence-corrected chi connectivity index (χ4v) is 0.642. The highest BCUT2D eigenvalue weighted by molar-refractivity contribution is 7.25. The molecule has 0 unspecified atom stereocenters. The van der Waals surface area contributed by atoms with Gasteiger partial charge in [0, 0.05) is 0 Å². The Balaban J connectivity index is 4.64. The molecule has 0 N–H and O–H groups in total.